The molecule has 0 aliphatic carbocycles. The summed E-state index contributed by atoms with van der Waals surface area (Å²) in [6.07, 6.45) is 3.19. The van der Waals surface area contributed by atoms with Crippen LogP contribution >= 0.6 is 0 Å². The first-order valence-electron chi connectivity index (χ1n) is 8.35. The van der Waals surface area contributed by atoms with Crippen molar-refractivity contribution in [2.75, 3.05) is 26.3 Å². The molecule has 0 saturated carbocycles. The molecule has 120 valence electrons. The van der Waals surface area contributed by atoms with Crippen LogP contribution in [0.1, 0.15) is 37.9 Å². The molecule has 1 aromatic carbocycles. The van der Waals surface area contributed by atoms with E-state index in [4.69, 9.17) is 4.74 Å². The average Bonchev–Trinajstić information content (AvgIpc) is 2.97. The molecule has 2 N–H and O–H groups in total. The van der Waals surface area contributed by atoms with Gasteiger partial charge in [-0.25, -0.2) is 0 Å². The fraction of sp³-hybridized carbons (Fsp3) is 0.556. The topological polar surface area (TPSA) is 48.5 Å². The number of hydrogen-bond acceptors (Lipinski definition) is 3. The van der Waals surface area contributed by atoms with E-state index in [0.717, 1.165) is 13.0 Å². The molecule has 22 heavy (non-hydrogen) atoms. The SMILES string of the molecule is CCOCC(O)CN1CCCCC1c1cc2ccccc2[nH]1. The first-order valence-corrected chi connectivity index (χ1v) is 8.35. The van der Waals surface area contributed by atoms with Crippen LogP contribution in [0.25, 0.3) is 10.9 Å². The minimum Gasteiger partial charge on any atom is -0.389 e. The summed E-state index contributed by atoms with van der Waals surface area (Å²) in [4.78, 5) is 5.96. The van der Waals surface area contributed by atoms with Gasteiger partial charge >= 0.3 is 0 Å². The highest BCUT2D eigenvalue weighted by Gasteiger charge is 2.26. The normalized spacial score (nSPS) is 21.3. The Balaban J connectivity index is 1.74. The van der Waals surface area contributed by atoms with Crippen molar-refractivity contribution < 1.29 is 9.84 Å². The van der Waals surface area contributed by atoms with E-state index in [0.29, 0.717) is 25.8 Å². The zero-order chi connectivity index (χ0) is 15.4. The molecule has 2 aromatic rings. The van der Waals surface area contributed by atoms with Crippen LogP contribution in [-0.4, -0.2) is 47.4 Å². The summed E-state index contributed by atoms with van der Waals surface area (Å²) in [5, 5.41) is 11.4. The summed E-state index contributed by atoms with van der Waals surface area (Å²) < 4.78 is 5.34. The number of rotatable bonds is 6. The smallest absolute Gasteiger partial charge is 0.0900 e. The van der Waals surface area contributed by atoms with Crippen LogP contribution in [0, 0.1) is 0 Å². The maximum atomic E-state index is 10.2. The van der Waals surface area contributed by atoms with E-state index < -0.39 is 6.10 Å². The Bertz CT molecular complexity index is 563. The van der Waals surface area contributed by atoms with Gasteiger partial charge in [-0.15, -0.1) is 0 Å². The molecule has 3 rings (SSSR count). The summed E-state index contributed by atoms with van der Waals surface area (Å²) in [5.41, 5.74) is 2.46. The second kappa shape index (κ2) is 7.27. The number of aliphatic hydroxyl groups is 1. The van der Waals surface area contributed by atoms with Crippen molar-refractivity contribution >= 4 is 10.9 Å². The molecule has 1 aliphatic heterocycles. The number of hydrogen-bond donors (Lipinski definition) is 2. The predicted octanol–water partition coefficient (Wildman–Crippen LogP) is 3.09. The van der Waals surface area contributed by atoms with Crippen LogP contribution in [-0.2, 0) is 4.74 Å². The third-order valence-corrected chi connectivity index (χ3v) is 4.48. The number of benzene rings is 1. The van der Waals surface area contributed by atoms with Gasteiger partial charge in [0.1, 0.15) is 0 Å². The Morgan fingerprint density at radius 2 is 2.23 bits per heavy atom. The van der Waals surface area contributed by atoms with Gasteiger partial charge in [-0.05, 0) is 43.8 Å². The second-order valence-corrected chi connectivity index (χ2v) is 6.13. The zero-order valence-corrected chi connectivity index (χ0v) is 13.3. The second-order valence-electron chi connectivity index (χ2n) is 6.13. The quantitative estimate of drug-likeness (QED) is 0.862. The number of ether oxygens (including phenoxy) is 1. The van der Waals surface area contributed by atoms with Gasteiger partial charge < -0.3 is 14.8 Å². The number of nitrogens with zero attached hydrogens (tertiary/aromatic N) is 1. The van der Waals surface area contributed by atoms with E-state index >= 15 is 0 Å². The Labute approximate surface area is 132 Å². The summed E-state index contributed by atoms with van der Waals surface area (Å²) >= 11 is 0. The third kappa shape index (κ3) is 3.51. The van der Waals surface area contributed by atoms with E-state index in [1.807, 2.05) is 6.92 Å². The summed E-state index contributed by atoms with van der Waals surface area (Å²) in [6, 6.07) is 11.0. The van der Waals surface area contributed by atoms with Crippen molar-refractivity contribution in [2.24, 2.45) is 0 Å². The lowest BCUT2D eigenvalue weighted by atomic mass is 9.99. The van der Waals surface area contributed by atoms with Gasteiger partial charge in [0.25, 0.3) is 0 Å². The Hall–Kier alpha value is -1.36. The molecule has 0 spiro atoms. The number of fused-ring (bicyclic) bond motifs is 1. The number of β-amino-alcohol motifs (C(OH)–C–C–N with tert-alkyl or cyclic N) is 1. The van der Waals surface area contributed by atoms with Crippen LogP contribution in [0.4, 0.5) is 0 Å². The van der Waals surface area contributed by atoms with E-state index in [1.165, 1.54) is 29.4 Å². The zero-order valence-electron chi connectivity index (χ0n) is 13.3. The van der Waals surface area contributed by atoms with Crippen molar-refractivity contribution in [1.29, 1.82) is 0 Å². The molecule has 0 bridgehead atoms. The van der Waals surface area contributed by atoms with Crippen molar-refractivity contribution in [3.63, 3.8) is 0 Å². The van der Waals surface area contributed by atoms with E-state index in [-0.39, 0.29) is 0 Å². The molecule has 1 aromatic heterocycles. The number of aromatic nitrogens is 1. The highest BCUT2D eigenvalue weighted by molar-refractivity contribution is 5.80. The van der Waals surface area contributed by atoms with E-state index in [2.05, 4.69) is 40.2 Å². The standard InChI is InChI=1S/C18H26N2O2/c1-2-22-13-15(21)12-20-10-6-5-9-18(20)17-11-14-7-3-4-8-16(14)19-17/h3-4,7-8,11,15,18-19,21H,2,5-6,9-10,12-13H2,1H3. The number of piperidine rings is 1. The van der Waals surface area contributed by atoms with Crippen LogP contribution < -0.4 is 0 Å². The van der Waals surface area contributed by atoms with Crippen LogP contribution in [0.2, 0.25) is 0 Å². The Morgan fingerprint density at radius 1 is 1.36 bits per heavy atom. The van der Waals surface area contributed by atoms with E-state index in [9.17, 15) is 5.11 Å². The number of H-pyrrole nitrogens is 1. The molecule has 2 heterocycles. The van der Waals surface area contributed by atoms with Crippen molar-refractivity contribution in [1.82, 2.24) is 9.88 Å². The largest absolute Gasteiger partial charge is 0.389 e. The maximum Gasteiger partial charge on any atom is 0.0900 e. The first kappa shape index (κ1) is 15.5. The summed E-state index contributed by atoms with van der Waals surface area (Å²) in [6.45, 7) is 4.76. The molecule has 0 radical (unpaired) electrons. The molecule has 0 amide bonds. The Kier molecular flexibility index (Phi) is 5.13. The lowest BCUT2D eigenvalue weighted by Gasteiger charge is -2.36. The van der Waals surface area contributed by atoms with Gasteiger partial charge in [-0.1, -0.05) is 24.6 Å². The van der Waals surface area contributed by atoms with Crippen molar-refractivity contribution in [3.8, 4) is 0 Å². The number of likely N-dealkylation sites (tertiary alicyclic amines) is 1. The van der Waals surface area contributed by atoms with Crippen molar-refractivity contribution in [3.05, 3.63) is 36.0 Å². The maximum absolute atomic E-state index is 10.2. The lowest BCUT2D eigenvalue weighted by molar-refractivity contribution is 0.00474. The molecule has 1 aliphatic rings. The lowest BCUT2D eigenvalue weighted by Crippen LogP contribution is -2.40. The fourth-order valence-electron chi connectivity index (χ4n) is 3.41. The van der Waals surface area contributed by atoms with Crippen LogP contribution in [0.5, 0.6) is 0 Å². The summed E-state index contributed by atoms with van der Waals surface area (Å²) in [7, 11) is 0. The van der Waals surface area contributed by atoms with Gasteiger partial charge in [0.05, 0.1) is 12.7 Å². The van der Waals surface area contributed by atoms with Gasteiger partial charge in [0.15, 0.2) is 0 Å². The van der Waals surface area contributed by atoms with Crippen LogP contribution in [0.15, 0.2) is 30.3 Å². The molecule has 1 saturated heterocycles. The van der Waals surface area contributed by atoms with Gasteiger partial charge in [0.2, 0.25) is 0 Å². The summed E-state index contributed by atoms with van der Waals surface area (Å²) in [5.74, 6) is 0. The fourth-order valence-corrected chi connectivity index (χ4v) is 3.41. The van der Waals surface area contributed by atoms with Crippen LogP contribution in [0.3, 0.4) is 0 Å². The number of aliphatic hydroxyl groups excluding tert-OH is 1. The molecule has 2 unspecified atom stereocenters. The molecule has 2 atom stereocenters. The number of para-hydroxylation sites is 1. The Morgan fingerprint density at radius 3 is 3.05 bits per heavy atom. The monoisotopic (exact) mass is 302 g/mol. The van der Waals surface area contributed by atoms with E-state index in [1.54, 1.807) is 0 Å². The highest BCUT2D eigenvalue weighted by atomic mass is 16.5. The van der Waals surface area contributed by atoms with Gasteiger partial charge in [-0.3, -0.25) is 4.90 Å². The third-order valence-electron chi connectivity index (χ3n) is 4.48. The molecule has 1 fully saturated rings. The molecule has 4 nitrogen and oxygen atoms in total. The molecular weight excluding hydrogens is 276 g/mol. The number of nitrogens with one attached hydrogen (secondary N) is 1. The molecule has 4 heteroatoms. The average molecular weight is 302 g/mol. The minimum absolute atomic E-state index is 0.373. The van der Waals surface area contributed by atoms with Gasteiger partial charge in [-0.2, -0.15) is 0 Å². The minimum atomic E-state index is -0.412. The first-order chi connectivity index (χ1) is 10.8. The highest BCUT2D eigenvalue weighted by Crippen LogP contribution is 2.32. The predicted molar refractivity (Wildman–Crippen MR) is 89.0 cm³/mol. The number of aromatic amines is 1. The molecular formula is C18H26N2O2. The van der Waals surface area contributed by atoms with Gasteiger partial charge in [0, 0.05) is 30.4 Å². The van der Waals surface area contributed by atoms with Crippen molar-refractivity contribution in [2.45, 2.75) is 38.3 Å².